The molecule has 2 saturated heterocycles. The van der Waals surface area contributed by atoms with E-state index in [2.05, 4.69) is 36.2 Å². The van der Waals surface area contributed by atoms with Gasteiger partial charge in [0.15, 0.2) is 0 Å². The first-order chi connectivity index (χ1) is 11.7. The van der Waals surface area contributed by atoms with Gasteiger partial charge < -0.3 is 14.5 Å². The smallest absolute Gasteiger partial charge is 0.234 e. The number of rotatable bonds is 5. The van der Waals surface area contributed by atoms with Crippen LogP contribution < -0.4 is 5.32 Å². The van der Waals surface area contributed by atoms with Crippen molar-refractivity contribution in [3.8, 4) is 0 Å². The first-order valence-electron chi connectivity index (χ1n) is 9.35. The third-order valence-electron chi connectivity index (χ3n) is 5.27. The Morgan fingerprint density at radius 3 is 2.79 bits per heavy atom. The predicted octanol–water partition coefficient (Wildman–Crippen LogP) is 2.91. The summed E-state index contributed by atoms with van der Waals surface area (Å²) in [6.45, 7) is 7.30. The highest BCUT2D eigenvalue weighted by Gasteiger charge is 2.31. The molecule has 0 bridgehead atoms. The van der Waals surface area contributed by atoms with Crippen molar-refractivity contribution in [3.05, 3.63) is 23.7 Å². The highest BCUT2D eigenvalue weighted by atomic mass is 16.5. The zero-order chi connectivity index (χ0) is 16.9. The summed E-state index contributed by atoms with van der Waals surface area (Å²) < 4.78 is 11.3. The van der Waals surface area contributed by atoms with Crippen LogP contribution in [0, 0.1) is 5.92 Å². The summed E-state index contributed by atoms with van der Waals surface area (Å²) in [5.41, 5.74) is 0. The molecule has 5 nitrogen and oxygen atoms in total. The lowest BCUT2D eigenvalue weighted by molar-refractivity contribution is -0.124. The molecule has 3 heterocycles. The highest BCUT2D eigenvalue weighted by molar-refractivity contribution is 5.78. The monoisotopic (exact) mass is 334 g/mol. The third-order valence-corrected chi connectivity index (χ3v) is 5.27. The van der Waals surface area contributed by atoms with Crippen molar-refractivity contribution in [2.24, 2.45) is 5.92 Å². The van der Waals surface area contributed by atoms with Gasteiger partial charge in [-0.3, -0.25) is 9.69 Å². The Morgan fingerprint density at radius 1 is 1.29 bits per heavy atom. The number of aryl methyl sites for hydroxylation is 1. The summed E-state index contributed by atoms with van der Waals surface area (Å²) in [4.78, 5) is 14.8. The Hall–Kier alpha value is -1.33. The normalized spacial score (nSPS) is 26.4. The summed E-state index contributed by atoms with van der Waals surface area (Å²) in [5.74, 6) is 2.83. The van der Waals surface area contributed by atoms with E-state index in [1.165, 1.54) is 0 Å². The van der Waals surface area contributed by atoms with Gasteiger partial charge in [-0.15, -0.1) is 0 Å². The topological polar surface area (TPSA) is 54.7 Å². The number of carbonyl (C=O) groups excluding carboxylic acids is 1. The Bertz CT molecular complexity index is 536. The lowest BCUT2D eigenvalue weighted by Gasteiger charge is -2.37. The van der Waals surface area contributed by atoms with Gasteiger partial charge >= 0.3 is 0 Å². The van der Waals surface area contributed by atoms with Gasteiger partial charge in [0.2, 0.25) is 5.91 Å². The number of hydrogen-bond acceptors (Lipinski definition) is 4. The molecular formula is C19H30N2O3. The van der Waals surface area contributed by atoms with Crippen molar-refractivity contribution in [2.75, 3.05) is 26.3 Å². The van der Waals surface area contributed by atoms with Crippen LogP contribution in [0.15, 0.2) is 16.5 Å². The molecule has 5 heteroatoms. The molecule has 24 heavy (non-hydrogen) atoms. The van der Waals surface area contributed by atoms with Gasteiger partial charge in [-0.25, -0.2) is 0 Å². The maximum absolute atomic E-state index is 12.5. The zero-order valence-corrected chi connectivity index (χ0v) is 14.9. The lowest BCUT2D eigenvalue weighted by Crippen LogP contribution is -2.46. The van der Waals surface area contributed by atoms with E-state index < -0.39 is 0 Å². The van der Waals surface area contributed by atoms with Crippen molar-refractivity contribution >= 4 is 5.91 Å². The van der Waals surface area contributed by atoms with Crippen LogP contribution in [0.2, 0.25) is 0 Å². The number of furan rings is 1. The fraction of sp³-hybridized carbons (Fsp3) is 0.737. The van der Waals surface area contributed by atoms with E-state index in [1.807, 2.05) is 0 Å². The highest BCUT2D eigenvalue weighted by Crippen LogP contribution is 2.34. The van der Waals surface area contributed by atoms with Crippen molar-refractivity contribution in [1.29, 1.82) is 0 Å². The second-order valence-electron chi connectivity index (χ2n) is 7.23. The van der Waals surface area contributed by atoms with Crippen LogP contribution in [0.25, 0.3) is 0 Å². The number of carbonyl (C=O) groups is 1. The van der Waals surface area contributed by atoms with Gasteiger partial charge in [0.05, 0.1) is 12.6 Å². The maximum atomic E-state index is 12.5. The first kappa shape index (κ1) is 17.5. The van der Waals surface area contributed by atoms with Gasteiger partial charge in [0, 0.05) is 25.7 Å². The molecule has 134 valence electrons. The Kier molecular flexibility index (Phi) is 5.95. The van der Waals surface area contributed by atoms with Crippen molar-refractivity contribution in [2.45, 2.75) is 58.0 Å². The minimum atomic E-state index is 0.128. The molecule has 0 radical (unpaired) electrons. The van der Waals surface area contributed by atoms with E-state index in [9.17, 15) is 4.79 Å². The lowest BCUT2D eigenvalue weighted by atomic mass is 9.91. The Balaban J connectivity index is 1.61. The van der Waals surface area contributed by atoms with Crippen LogP contribution in [0.5, 0.6) is 0 Å². The molecule has 0 unspecified atom stereocenters. The fourth-order valence-electron chi connectivity index (χ4n) is 3.74. The third kappa shape index (κ3) is 4.39. The molecule has 0 saturated carbocycles. The van der Waals surface area contributed by atoms with Gasteiger partial charge in [-0.2, -0.15) is 0 Å². The average molecular weight is 334 g/mol. The summed E-state index contributed by atoms with van der Waals surface area (Å²) >= 11 is 0. The predicted molar refractivity (Wildman–Crippen MR) is 92.8 cm³/mol. The van der Waals surface area contributed by atoms with E-state index in [4.69, 9.17) is 9.15 Å². The number of hydrogen-bond donors (Lipinski definition) is 1. The molecule has 2 atom stereocenters. The van der Waals surface area contributed by atoms with Crippen LogP contribution in [-0.4, -0.2) is 43.2 Å². The van der Waals surface area contributed by atoms with Crippen LogP contribution in [0.1, 0.15) is 57.1 Å². The standard InChI is InChI=1S/C19H30N2O3/c1-3-16-4-5-18(24-16)17-12-14(2)6-9-21(17)13-19(22)20-15-7-10-23-11-8-15/h4-5,14-15,17H,3,6-13H2,1-2H3,(H,20,22)/t14-,17+/m1/s1. The summed E-state index contributed by atoms with van der Waals surface area (Å²) in [6, 6.07) is 4.64. The number of piperidine rings is 1. The van der Waals surface area contributed by atoms with Gasteiger partial charge in [-0.1, -0.05) is 13.8 Å². The zero-order valence-electron chi connectivity index (χ0n) is 14.9. The molecule has 0 spiro atoms. The molecule has 0 aromatic carbocycles. The van der Waals surface area contributed by atoms with Crippen molar-refractivity contribution < 1.29 is 13.9 Å². The van der Waals surface area contributed by atoms with E-state index in [-0.39, 0.29) is 18.0 Å². The van der Waals surface area contributed by atoms with E-state index in [0.717, 1.165) is 63.4 Å². The minimum absolute atomic E-state index is 0.128. The number of nitrogens with one attached hydrogen (secondary N) is 1. The number of likely N-dealkylation sites (tertiary alicyclic amines) is 1. The number of nitrogens with zero attached hydrogens (tertiary/aromatic N) is 1. The minimum Gasteiger partial charge on any atom is -0.464 e. The second-order valence-corrected chi connectivity index (χ2v) is 7.23. The molecule has 1 amide bonds. The number of amides is 1. The quantitative estimate of drug-likeness (QED) is 0.899. The van der Waals surface area contributed by atoms with Crippen LogP contribution in [0.3, 0.4) is 0 Å². The average Bonchev–Trinajstić information content (AvgIpc) is 3.06. The van der Waals surface area contributed by atoms with Crippen molar-refractivity contribution in [3.63, 3.8) is 0 Å². The van der Waals surface area contributed by atoms with Gasteiger partial charge in [0.1, 0.15) is 11.5 Å². The summed E-state index contributed by atoms with van der Waals surface area (Å²) in [7, 11) is 0. The molecule has 1 aromatic rings. The van der Waals surface area contributed by atoms with Gasteiger partial charge in [0.25, 0.3) is 0 Å². The molecule has 3 rings (SSSR count). The first-order valence-corrected chi connectivity index (χ1v) is 9.35. The van der Waals surface area contributed by atoms with Crippen LogP contribution in [0.4, 0.5) is 0 Å². The molecule has 2 fully saturated rings. The maximum Gasteiger partial charge on any atom is 0.234 e. The Morgan fingerprint density at radius 2 is 2.08 bits per heavy atom. The van der Waals surface area contributed by atoms with E-state index >= 15 is 0 Å². The second kappa shape index (κ2) is 8.17. The molecule has 1 N–H and O–H groups in total. The molecule has 2 aliphatic heterocycles. The van der Waals surface area contributed by atoms with E-state index in [1.54, 1.807) is 0 Å². The summed E-state index contributed by atoms with van der Waals surface area (Å²) in [6.07, 6.45) is 4.95. The van der Waals surface area contributed by atoms with Crippen LogP contribution in [-0.2, 0) is 16.0 Å². The summed E-state index contributed by atoms with van der Waals surface area (Å²) in [5, 5.41) is 3.17. The largest absolute Gasteiger partial charge is 0.464 e. The molecule has 1 aromatic heterocycles. The molecular weight excluding hydrogens is 304 g/mol. The van der Waals surface area contributed by atoms with Crippen LogP contribution >= 0.6 is 0 Å². The fourth-order valence-corrected chi connectivity index (χ4v) is 3.74. The molecule has 2 aliphatic rings. The number of ether oxygens (including phenoxy) is 1. The molecule has 0 aliphatic carbocycles. The van der Waals surface area contributed by atoms with E-state index in [0.29, 0.717) is 12.5 Å². The Labute approximate surface area is 144 Å². The SMILES string of the molecule is CCc1ccc([C@@H]2C[C@H](C)CCN2CC(=O)NC2CCOCC2)o1. The van der Waals surface area contributed by atoms with Gasteiger partial charge in [-0.05, 0) is 50.3 Å². The van der Waals surface area contributed by atoms with Crippen molar-refractivity contribution in [1.82, 2.24) is 10.2 Å².